The Bertz CT molecular complexity index is 322. The lowest BCUT2D eigenvalue weighted by Gasteiger charge is -2.22. The van der Waals surface area contributed by atoms with Gasteiger partial charge in [0, 0.05) is 4.83 Å². The van der Waals surface area contributed by atoms with Crippen molar-refractivity contribution in [2.75, 3.05) is 0 Å². The average molecular weight is 295 g/mol. The summed E-state index contributed by atoms with van der Waals surface area (Å²) in [5.74, 6) is 0.831. The maximum atomic E-state index is 3.77. The van der Waals surface area contributed by atoms with E-state index in [-0.39, 0.29) is 0 Å². The summed E-state index contributed by atoms with van der Waals surface area (Å²) in [5, 5.41) is 0. The highest BCUT2D eigenvalue weighted by Crippen LogP contribution is 2.34. The van der Waals surface area contributed by atoms with Crippen LogP contribution in [-0.4, -0.2) is 0 Å². The lowest BCUT2D eigenvalue weighted by atomic mass is 9.84. The largest absolute Gasteiger partial charge is 0.0839 e. The Hall–Kier alpha value is -0.300. The van der Waals surface area contributed by atoms with E-state index < -0.39 is 0 Å². The van der Waals surface area contributed by atoms with Gasteiger partial charge in [-0.2, -0.15) is 0 Å². The highest BCUT2D eigenvalue weighted by molar-refractivity contribution is 9.09. The van der Waals surface area contributed by atoms with Crippen molar-refractivity contribution in [3.8, 4) is 0 Å². The van der Waals surface area contributed by atoms with E-state index in [1.807, 2.05) is 0 Å². The van der Waals surface area contributed by atoms with Gasteiger partial charge >= 0.3 is 0 Å². The molecule has 1 fully saturated rings. The summed E-state index contributed by atoms with van der Waals surface area (Å²) < 4.78 is 0. The van der Waals surface area contributed by atoms with E-state index in [9.17, 15) is 0 Å². The number of benzene rings is 1. The molecule has 1 atom stereocenters. The predicted octanol–water partition coefficient (Wildman–Crippen LogP) is 5.97. The summed E-state index contributed by atoms with van der Waals surface area (Å²) in [6.07, 6.45) is 9.53. The van der Waals surface area contributed by atoms with Gasteiger partial charge in [-0.3, -0.25) is 0 Å². The summed E-state index contributed by atoms with van der Waals surface area (Å²) in [4.78, 5) is 0.535. The fourth-order valence-corrected chi connectivity index (χ4v) is 3.60. The van der Waals surface area contributed by atoms with Crippen molar-refractivity contribution in [2.45, 2.75) is 62.6 Å². The van der Waals surface area contributed by atoms with Crippen LogP contribution in [0.4, 0.5) is 0 Å². The Morgan fingerprint density at radius 2 is 1.76 bits per heavy atom. The summed E-state index contributed by atoms with van der Waals surface area (Å²) >= 11 is 3.77. The molecule has 0 saturated heterocycles. The van der Waals surface area contributed by atoms with Crippen molar-refractivity contribution >= 4 is 15.9 Å². The Balaban J connectivity index is 2.01. The van der Waals surface area contributed by atoms with Crippen LogP contribution in [0.25, 0.3) is 0 Å². The summed E-state index contributed by atoms with van der Waals surface area (Å²) in [7, 11) is 0. The Morgan fingerprint density at radius 3 is 2.35 bits per heavy atom. The number of halogens is 1. The van der Waals surface area contributed by atoms with Crippen LogP contribution in [0.5, 0.6) is 0 Å². The zero-order valence-corrected chi connectivity index (χ0v) is 12.4. The third-order valence-electron chi connectivity index (χ3n) is 3.92. The first-order valence-electron chi connectivity index (χ1n) is 7.05. The topological polar surface area (TPSA) is 0 Å². The van der Waals surface area contributed by atoms with Gasteiger partial charge in [0.1, 0.15) is 0 Å². The molecular weight excluding hydrogens is 272 g/mol. The van der Waals surface area contributed by atoms with Crippen LogP contribution >= 0.6 is 15.9 Å². The molecule has 1 saturated carbocycles. The van der Waals surface area contributed by atoms with Gasteiger partial charge in [-0.25, -0.2) is 0 Å². The lowest BCUT2D eigenvalue weighted by Crippen LogP contribution is -2.04. The standard InChI is InChI=1S/C16H23Br/c1-2-6-16(17)15-11-9-14(10-12-15)13-7-4-3-5-8-13/h9-13,16H,2-8H2,1H3. The van der Waals surface area contributed by atoms with Crippen molar-refractivity contribution in [3.05, 3.63) is 35.4 Å². The van der Waals surface area contributed by atoms with Gasteiger partial charge in [-0.05, 0) is 36.3 Å². The zero-order valence-electron chi connectivity index (χ0n) is 10.8. The van der Waals surface area contributed by atoms with E-state index in [2.05, 4.69) is 47.1 Å². The first-order chi connectivity index (χ1) is 8.31. The monoisotopic (exact) mass is 294 g/mol. The molecule has 1 aromatic carbocycles. The van der Waals surface area contributed by atoms with Crippen molar-refractivity contribution in [1.82, 2.24) is 0 Å². The minimum absolute atomic E-state index is 0.535. The van der Waals surface area contributed by atoms with Gasteiger partial charge in [0.05, 0.1) is 0 Å². The first kappa shape index (κ1) is 13.1. The molecule has 0 nitrogen and oxygen atoms in total. The zero-order chi connectivity index (χ0) is 12.1. The fourth-order valence-electron chi connectivity index (χ4n) is 2.83. The van der Waals surface area contributed by atoms with Crippen LogP contribution < -0.4 is 0 Å². The molecule has 0 bridgehead atoms. The maximum absolute atomic E-state index is 3.77. The molecular formula is C16H23Br. The van der Waals surface area contributed by atoms with Crippen LogP contribution in [0.3, 0.4) is 0 Å². The predicted molar refractivity (Wildman–Crippen MR) is 78.8 cm³/mol. The second-order valence-corrected chi connectivity index (χ2v) is 6.36. The molecule has 0 amide bonds. The Labute approximate surface area is 114 Å². The molecule has 1 aromatic rings. The first-order valence-corrected chi connectivity index (χ1v) is 7.96. The third-order valence-corrected chi connectivity index (χ3v) is 4.90. The highest BCUT2D eigenvalue weighted by atomic mass is 79.9. The average Bonchev–Trinajstić information content (AvgIpc) is 2.40. The summed E-state index contributed by atoms with van der Waals surface area (Å²) in [6.45, 7) is 2.24. The van der Waals surface area contributed by atoms with Crippen molar-refractivity contribution in [1.29, 1.82) is 0 Å². The van der Waals surface area contributed by atoms with Crippen LogP contribution in [0.1, 0.15) is 73.7 Å². The van der Waals surface area contributed by atoms with Crippen molar-refractivity contribution < 1.29 is 0 Å². The molecule has 1 unspecified atom stereocenters. The van der Waals surface area contributed by atoms with Gasteiger partial charge in [0.25, 0.3) is 0 Å². The Kier molecular flexibility index (Phi) is 5.09. The molecule has 0 aliphatic heterocycles. The highest BCUT2D eigenvalue weighted by Gasteiger charge is 2.15. The van der Waals surface area contributed by atoms with Crippen LogP contribution in [-0.2, 0) is 0 Å². The minimum Gasteiger partial charge on any atom is -0.0839 e. The number of hydrogen-bond donors (Lipinski definition) is 0. The smallest absolute Gasteiger partial charge is 0.0395 e. The van der Waals surface area contributed by atoms with Gasteiger partial charge < -0.3 is 0 Å². The van der Waals surface area contributed by atoms with E-state index in [0.717, 1.165) is 5.92 Å². The van der Waals surface area contributed by atoms with Gasteiger partial charge in [0.15, 0.2) is 0 Å². The second kappa shape index (κ2) is 6.58. The molecule has 0 radical (unpaired) electrons. The van der Waals surface area contributed by atoms with Crippen LogP contribution in [0.15, 0.2) is 24.3 Å². The van der Waals surface area contributed by atoms with E-state index in [4.69, 9.17) is 0 Å². The van der Waals surface area contributed by atoms with E-state index >= 15 is 0 Å². The van der Waals surface area contributed by atoms with Crippen LogP contribution in [0.2, 0.25) is 0 Å². The molecule has 17 heavy (non-hydrogen) atoms. The van der Waals surface area contributed by atoms with E-state index in [0.29, 0.717) is 4.83 Å². The molecule has 1 heteroatoms. The molecule has 1 aliphatic rings. The number of hydrogen-bond acceptors (Lipinski definition) is 0. The number of alkyl halides is 1. The molecule has 0 heterocycles. The Morgan fingerprint density at radius 1 is 1.12 bits per heavy atom. The van der Waals surface area contributed by atoms with Crippen molar-refractivity contribution in [3.63, 3.8) is 0 Å². The van der Waals surface area contributed by atoms with Gasteiger partial charge in [0.2, 0.25) is 0 Å². The van der Waals surface area contributed by atoms with Gasteiger partial charge in [-0.15, -0.1) is 0 Å². The fraction of sp³-hybridized carbons (Fsp3) is 0.625. The normalized spacial score (nSPS) is 19.2. The quantitative estimate of drug-likeness (QED) is 0.600. The second-order valence-electron chi connectivity index (χ2n) is 5.26. The molecule has 0 aromatic heterocycles. The molecule has 1 aliphatic carbocycles. The van der Waals surface area contributed by atoms with Gasteiger partial charge in [-0.1, -0.05) is 72.8 Å². The third kappa shape index (κ3) is 3.58. The van der Waals surface area contributed by atoms with E-state index in [1.165, 1.54) is 50.5 Å². The molecule has 0 spiro atoms. The maximum Gasteiger partial charge on any atom is 0.0395 e. The lowest BCUT2D eigenvalue weighted by molar-refractivity contribution is 0.443. The molecule has 94 valence electrons. The van der Waals surface area contributed by atoms with Crippen molar-refractivity contribution in [2.24, 2.45) is 0 Å². The SMILES string of the molecule is CCCC(Br)c1ccc(C2CCCCC2)cc1. The van der Waals surface area contributed by atoms with Crippen LogP contribution in [0, 0.1) is 0 Å². The summed E-state index contributed by atoms with van der Waals surface area (Å²) in [5.41, 5.74) is 3.00. The number of rotatable bonds is 4. The minimum atomic E-state index is 0.535. The molecule has 0 N–H and O–H groups in total. The van der Waals surface area contributed by atoms with E-state index in [1.54, 1.807) is 5.56 Å². The molecule has 2 rings (SSSR count). The summed E-state index contributed by atoms with van der Waals surface area (Å²) in [6, 6.07) is 9.35.